The molecule has 0 aliphatic carbocycles. The predicted octanol–water partition coefficient (Wildman–Crippen LogP) is 4.09. The summed E-state index contributed by atoms with van der Waals surface area (Å²) >= 11 is 7.32. The van der Waals surface area contributed by atoms with Crippen molar-refractivity contribution < 1.29 is 22.8 Å². The number of piperidine rings is 1. The van der Waals surface area contributed by atoms with Gasteiger partial charge in [-0.2, -0.15) is 13.2 Å². The van der Waals surface area contributed by atoms with Gasteiger partial charge in [0.2, 0.25) is 6.10 Å². The van der Waals surface area contributed by atoms with Gasteiger partial charge in [0, 0.05) is 31.7 Å². The number of halogens is 4. The van der Waals surface area contributed by atoms with Crippen molar-refractivity contribution in [3.63, 3.8) is 0 Å². The number of alkyl halides is 3. The SMILES string of the molecule is O=C(NC1CCN(c2ccc(C(F)(F)F)cn2)CC1)C1CC(c2ccc(Cl)s2)=NO1. The van der Waals surface area contributed by atoms with Crippen LogP contribution in [0, 0.1) is 0 Å². The third-order valence-corrected chi connectivity index (χ3v) is 6.34. The van der Waals surface area contributed by atoms with Crippen LogP contribution in [0.25, 0.3) is 0 Å². The van der Waals surface area contributed by atoms with E-state index in [0.717, 1.165) is 17.1 Å². The van der Waals surface area contributed by atoms with Crippen molar-refractivity contribution in [2.45, 2.75) is 37.6 Å². The first-order chi connectivity index (χ1) is 14.3. The summed E-state index contributed by atoms with van der Waals surface area (Å²) in [6, 6.07) is 6.00. The lowest BCUT2D eigenvalue weighted by atomic mass is 10.0. The number of thiophene rings is 1. The minimum atomic E-state index is -4.40. The summed E-state index contributed by atoms with van der Waals surface area (Å²) in [6.45, 7) is 1.18. The summed E-state index contributed by atoms with van der Waals surface area (Å²) in [5.41, 5.74) is -0.0633. The topological polar surface area (TPSA) is 66.8 Å². The molecule has 0 saturated carbocycles. The number of carbonyl (C=O) groups is 1. The molecule has 2 aromatic heterocycles. The minimum Gasteiger partial charge on any atom is -0.382 e. The molecule has 0 radical (unpaired) electrons. The Labute approximate surface area is 179 Å². The number of amides is 1. The molecule has 1 saturated heterocycles. The molecule has 1 unspecified atom stereocenters. The molecule has 11 heteroatoms. The Kier molecular flexibility index (Phi) is 5.88. The highest BCUT2D eigenvalue weighted by Crippen LogP contribution is 2.30. The van der Waals surface area contributed by atoms with Gasteiger partial charge >= 0.3 is 6.18 Å². The number of pyridine rings is 1. The van der Waals surface area contributed by atoms with Gasteiger partial charge in [0.05, 0.1) is 14.8 Å². The van der Waals surface area contributed by atoms with E-state index in [1.165, 1.54) is 17.4 Å². The van der Waals surface area contributed by atoms with Crippen LogP contribution >= 0.6 is 22.9 Å². The van der Waals surface area contributed by atoms with Crippen molar-refractivity contribution >= 4 is 40.4 Å². The van der Waals surface area contributed by atoms with Crippen LogP contribution in [0.3, 0.4) is 0 Å². The van der Waals surface area contributed by atoms with Crippen LogP contribution in [0.15, 0.2) is 35.6 Å². The lowest BCUT2D eigenvalue weighted by Gasteiger charge is -2.33. The maximum absolute atomic E-state index is 12.7. The second-order valence-electron chi connectivity index (χ2n) is 7.11. The number of carbonyl (C=O) groups excluding carboxylic acids is 1. The largest absolute Gasteiger partial charge is 0.417 e. The molecule has 160 valence electrons. The molecule has 0 spiro atoms. The maximum Gasteiger partial charge on any atom is 0.417 e. The summed E-state index contributed by atoms with van der Waals surface area (Å²) in [4.78, 5) is 24.5. The van der Waals surface area contributed by atoms with Crippen LogP contribution in [0.2, 0.25) is 4.34 Å². The van der Waals surface area contributed by atoms with E-state index < -0.39 is 17.8 Å². The van der Waals surface area contributed by atoms with Crippen LogP contribution in [-0.2, 0) is 15.8 Å². The van der Waals surface area contributed by atoms with Crippen LogP contribution in [0.5, 0.6) is 0 Å². The summed E-state index contributed by atoms with van der Waals surface area (Å²) in [5.74, 6) is 0.280. The summed E-state index contributed by atoms with van der Waals surface area (Å²) in [7, 11) is 0. The Morgan fingerprint density at radius 3 is 2.60 bits per heavy atom. The Bertz CT molecular complexity index is 940. The fourth-order valence-electron chi connectivity index (χ4n) is 3.42. The fraction of sp³-hybridized carbons (Fsp3) is 0.421. The number of anilines is 1. The standard InChI is InChI=1S/C19H18ClF3N4O2S/c20-16-3-2-15(30-16)13-9-14(29-26-13)18(28)25-12-5-7-27(8-6-12)17-4-1-11(10-24-17)19(21,22)23/h1-4,10,12,14H,5-9H2,(H,25,28). The van der Waals surface area contributed by atoms with Crippen molar-refractivity contribution in [3.05, 3.63) is 45.2 Å². The zero-order valence-corrected chi connectivity index (χ0v) is 17.2. The minimum absolute atomic E-state index is 0.0352. The van der Waals surface area contributed by atoms with Gasteiger partial charge in [-0.3, -0.25) is 4.79 Å². The van der Waals surface area contributed by atoms with E-state index in [2.05, 4.69) is 15.5 Å². The van der Waals surface area contributed by atoms with E-state index in [4.69, 9.17) is 16.4 Å². The molecule has 0 bridgehead atoms. The molecule has 2 aliphatic heterocycles. The second kappa shape index (κ2) is 8.43. The predicted molar refractivity (Wildman–Crippen MR) is 108 cm³/mol. The molecule has 2 aliphatic rings. The Morgan fingerprint density at radius 2 is 2.00 bits per heavy atom. The van der Waals surface area contributed by atoms with Crippen molar-refractivity contribution in [2.24, 2.45) is 5.16 Å². The van der Waals surface area contributed by atoms with Gasteiger partial charge in [-0.15, -0.1) is 11.3 Å². The number of nitrogens with one attached hydrogen (secondary N) is 1. The quantitative estimate of drug-likeness (QED) is 0.749. The lowest BCUT2D eigenvalue weighted by molar-refractivity contribution is -0.137. The number of rotatable bonds is 4. The normalized spacial score (nSPS) is 20.1. The molecule has 30 heavy (non-hydrogen) atoms. The zero-order valence-electron chi connectivity index (χ0n) is 15.7. The molecular weight excluding hydrogens is 441 g/mol. The third-order valence-electron chi connectivity index (χ3n) is 5.06. The molecule has 0 aromatic carbocycles. The van der Waals surface area contributed by atoms with Gasteiger partial charge in [-0.05, 0) is 37.1 Å². The lowest BCUT2D eigenvalue weighted by Crippen LogP contribution is -2.47. The number of hydrogen-bond donors (Lipinski definition) is 1. The molecule has 4 heterocycles. The smallest absolute Gasteiger partial charge is 0.382 e. The number of oxime groups is 1. The highest BCUT2D eigenvalue weighted by molar-refractivity contribution is 7.18. The Balaban J connectivity index is 1.25. The maximum atomic E-state index is 12.7. The highest BCUT2D eigenvalue weighted by Gasteiger charge is 2.33. The van der Waals surface area contributed by atoms with Crippen LogP contribution in [0.4, 0.5) is 19.0 Å². The molecule has 1 fully saturated rings. The molecule has 2 aromatic rings. The fourth-order valence-corrected chi connectivity index (χ4v) is 4.45. The number of nitrogens with zero attached hydrogens (tertiary/aromatic N) is 3. The van der Waals surface area contributed by atoms with Gasteiger partial charge in [0.15, 0.2) is 0 Å². The Hall–Kier alpha value is -2.33. The van der Waals surface area contributed by atoms with Gasteiger partial charge in [-0.25, -0.2) is 4.98 Å². The number of hydrogen-bond acceptors (Lipinski definition) is 6. The van der Waals surface area contributed by atoms with Crippen molar-refractivity contribution in [1.29, 1.82) is 0 Å². The molecule has 4 rings (SSSR count). The third kappa shape index (κ3) is 4.70. The van der Waals surface area contributed by atoms with Gasteiger partial charge < -0.3 is 15.1 Å². The van der Waals surface area contributed by atoms with Crippen molar-refractivity contribution in [3.8, 4) is 0 Å². The zero-order chi connectivity index (χ0) is 21.3. The summed E-state index contributed by atoms with van der Waals surface area (Å²) < 4.78 is 38.6. The monoisotopic (exact) mass is 458 g/mol. The molecule has 1 amide bonds. The van der Waals surface area contributed by atoms with Gasteiger partial charge in [0.1, 0.15) is 11.5 Å². The average Bonchev–Trinajstić information content (AvgIpc) is 3.37. The summed E-state index contributed by atoms with van der Waals surface area (Å²) in [6.07, 6.45) is -2.51. The molecule has 1 atom stereocenters. The van der Waals surface area contributed by atoms with Gasteiger partial charge in [0.25, 0.3) is 5.91 Å². The second-order valence-corrected chi connectivity index (χ2v) is 8.83. The first-order valence-electron chi connectivity index (χ1n) is 9.36. The van der Waals surface area contributed by atoms with Crippen LogP contribution in [-0.4, -0.2) is 41.8 Å². The van der Waals surface area contributed by atoms with Crippen LogP contribution < -0.4 is 10.2 Å². The highest BCUT2D eigenvalue weighted by atomic mass is 35.5. The van der Waals surface area contributed by atoms with E-state index in [-0.39, 0.29) is 11.9 Å². The summed E-state index contributed by atoms with van der Waals surface area (Å²) in [5, 5.41) is 6.99. The first kappa shape index (κ1) is 20.9. The molecular formula is C19H18ClF3N4O2S. The molecule has 1 N–H and O–H groups in total. The van der Waals surface area contributed by atoms with Crippen LogP contribution in [0.1, 0.15) is 29.7 Å². The van der Waals surface area contributed by atoms with Gasteiger partial charge in [-0.1, -0.05) is 16.8 Å². The van der Waals surface area contributed by atoms with E-state index in [1.54, 1.807) is 6.07 Å². The Morgan fingerprint density at radius 1 is 1.23 bits per heavy atom. The van der Waals surface area contributed by atoms with Crippen molar-refractivity contribution in [2.75, 3.05) is 18.0 Å². The first-order valence-corrected chi connectivity index (χ1v) is 10.6. The number of aromatic nitrogens is 1. The van der Waals surface area contributed by atoms with E-state index >= 15 is 0 Å². The van der Waals surface area contributed by atoms with E-state index in [0.29, 0.717) is 48.2 Å². The molecule has 6 nitrogen and oxygen atoms in total. The van der Waals surface area contributed by atoms with E-state index in [9.17, 15) is 18.0 Å². The van der Waals surface area contributed by atoms with Crippen molar-refractivity contribution in [1.82, 2.24) is 10.3 Å². The van der Waals surface area contributed by atoms with E-state index in [1.807, 2.05) is 11.0 Å². The average molecular weight is 459 g/mol.